The van der Waals surface area contributed by atoms with Crippen LogP contribution in [0.15, 0.2) is 36.4 Å². The molecule has 31 heavy (non-hydrogen) atoms. The fourth-order valence-corrected chi connectivity index (χ4v) is 2.79. The highest BCUT2D eigenvalue weighted by Crippen LogP contribution is 2.13. The van der Waals surface area contributed by atoms with Crippen LogP contribution < -0.4 is 10.9 Å². The molecule has 2 rings (SSSR count). The molecule has 2 aromatic carbocycles. The summed E-state index contributed by atoms with van der Waals surface area (Å²) in [4.78, 5) is 23.7. The molecule has 2 N–H and O–H groups in total. The second-order valence-corrected chi connectivity index (χ2v) is 7.00. The lowest BCUT2D eigenvalue weighted by atomic mass is 10.2. The summed E-state index contributed by atoms with van der Waals surface area (Å²) in [5, 5.41) is 1.92. The minimum atomic E-state index is -0.824. The summed E-state index contributed by atoms with van der Waals surface area (Å²) in [5.41, 5.74) is 4.01. The maximum absolute atomic E-state index is 13.8. The number of benzene rings is 2. The van der Waals surface area contributed by atoms with Crippen LogP contribution in [0.5, 0.6) is 0 Å². The first-order valence-electron chi connectivity index (χ1n) is 8.54. The van der Waals surface area contributed by atoms with Crippen LogP contribution in [0.3, 0.4) is 0 Å². The molecule has 0 aliphatic rings. The zero-order valence-corrected chi connectivity index (χ0v) is 17.8. The van der Waals surface area contributed by atoms with Crippen molar-refractivity contribution in [2.45, 2.75) is 6.42 Å². The predicted octanol–water partition coefficient (Wildman–Crippen LogP) is 2.61. The van der Waals surface area contributed by atoms with E-state index < -0.39 is 41.5 Å². The fraction of sp³-hybridized carbons (Fsp3) is 0.158. The molecule has 0 spiro atoms. The molecule has 0 aliphatic carbocycles. The number of thiocarbonyl (C=S) groups is 2. The van der Waals surface area contributed by atoms with Gasteiger partial charge in [0.25, 0.3) is 0 Å². The number of carbonyl (C=O) groups excluding carboxylic acids is 2. The van der Waals surface area contributed by atoms with Gasteiger partial charge in [-0.25, -0.2) is 17.6 Å². The van der Waals surface area contributed by atoms with Crippen LogP contribution in [0.25, 0.3) is 0 Å². The average Bonchev–Trinajstić information content (AvgIpc) is 2.70. The van der Waals surface area contributed by atoms with E-state index in [0.29, 0.717) is 0 Å². The lowest BCUT2D eigenvalue weighted by molar-refractivity contribution is -0.132. The zero-order chi connectivity index (χ0) is 23.3. The number of hydrogen-bond donors (Lipinski definition) is 2. The third kappa shape index (κ3) is 6.43. The van der Waals surface area contributed by atoms with Crippen LogP contribution in [-0.4, -0.2) is 45.9 Å². The third-order valence-corrected chi connectivity index (χ3v) is 4.82. The molecule has 0 fully saturated rings. The van der Waals surface area contributed by atoms with Gasteiger partial charge in [-0.05, 0) is 36.4 Å². The molecule has 0 unspecified atom stereocenters. The second-order valence-electron chi connectivity index (χ2n) is 6.22. The van der Waals surface area contributed by atoms with Gasteiger partial charge in [0, 0.05) is 25.2 Å². The Hall–Kier alpha value is -3.12. The van der Waals surface area contributed by atoms with Crippen molar-refractivity contribution < 1.29 is 27.2 Å². The number of halogens is 4. The summed E-state index contributed by atoms with van der Waals surface area (Å²) in [6.45, 7) is 0. The van der Waals surface area contributed by atoms with E-state index in [4.69, 9.17) is 24.4 Å². The molecule has 0 saturated heterocycles. The second kappa shape index (κ2) is 10.3. The smallest absolute Gasteiger partial charge is 0.248 e. The van der Waals surface area contributed by atoms with Crippen molar-refractivity contribution >= 4 is 46.2 Å². The van der Waals surface area contributed by atoms with Gasteiger partial charge < -0.3 is 0 Å². The van der Waals surface area contributed by atoms with Crippen LogP contribution in [0.2, 0.25) is 0 Å². The number of rotatable bonds is 4. The van der Waals surface area contributed by atoms with E-state index in [9.17, 15) is 27.2 Å². The lowest BCUT2D eigenvalue weighted by Crippen LogP contribution is -2.47. The normalized spacial score (nSPS) is 10.3. The Morgan fingerprint density at radius 1 is 0.774 bits per heavy atom. The molecule has 6 nitrogen and oxygen atoms in total. The van der Waals surface area contributed by atoms with E-state index in [1.54, 1.807) is 0 Å². The van der Waals surface area contributed by atoms with Crippen LogP contribution in [0, 0.1) is 23.3 Å². The van der Waals surface area contributed by atoms with Gasteiger partial charge in [-0.2, -0.15) is 0 Å². The van der Waals surface area contributed by atoms with Gasteiger partial charge in [-0.15, -0.1) is 0 Å². The molecule has 0 aliphatic heterocycles. The van der Waals surface area contributed by atoms with Crippen molar-refractivity contribution in [1.29, 1.82) is 0 Å². The summed E-state index contributed by atoms with van der Waals surface area (Å²) in [6, 6.07) is 5.35. The molecule has 0 heterocycles. The van der Waals surface area contributed by atoms with Gasteiger partial charge in [-0.1, -0.05) is 24.4 Å². The third-order valence-electron chi connectivity index (χ3n) is 3.83. The van der Waals surface area contributed by atoms with Gasteiger partial charge in [-0.3, -0.25) is 30.5 Å². The minimum Gasteiger partial charge on any atom is -0.277 e. The fourth-order valence-electron chi connectivity index (χ4n) is 2.38. The number of hydrogen-bond acceptors (Lipinski definition) is 4. The lowest BCUT2D eigenvalue weighted by Gasteiger charge is -2.23. The van der Waals surface area contributed by atoms with Crippen LogP contribution in [-0.2, 0) is 9.59 Å². The summed E-state index contributed by atoms with van der Waals surface area (Å²) < 4.78 is 54.3. The van der Waals surface area contributed by atoms with E-state index >= 15 is 0 Å². The highest BCUT2D eigenvalue weighted by Gasteiger charge is 2.19. The largest absolute Gasteiger partial charge is 0.277 e. The molecule has 0 bridgehead atoms. The van der Waals surface area contributed by atoms with Crippen molar-refractivity contribution in [3.63, 3.8) is 0 Å². The Bertz CT molecular complexity index is 970. The van der Waals surface area contributed by atoms with Crippen LogP contribution in [0.4, 0.5) is 17.6 Å². The Labute approximate surface area is 185 Å². The summed E-state index contributed by atoms with van der Waals surface area (Å²) in [7, 11) is 2.58. The first-order chi connectivity index (χ1) is 14.5. The maximum Gasteiger partial charge on any atom is 0.248 e. The molecule has 12 heteroatoms. The Morgan fingerprint density at radius 3 is 1.48 bits per heavy atom. The topological polar surface area (TPSA) is 64.7 Å². The van der Waals surface area contributed by atoms with Crippen LogP contribution in [0.1, 0.15) is 17.5 Å². The summed E-state index contributed by atoms with van der Waals surface area (Å²) in [5.74, 6) is -4.65. The maximum atomic E-state index is 13.8. The van der Waals surface area contributed by atoms with Crippen molar-refractivity contribution in [3.05, 3.63) is 70.8 Å². The molecule has 164 valence electrons. The number of hydrazine groups is 2. The molecule has 0 radical (unpaired) electrons. The summed E-state index contributed by atoms with van der Waals surface area (Å²) in [6.07, 6.45) is -0.697. The Kier molecular flexibility index (Phi) is 8.00. The minimum absolute atomic E-state index is 0.217. The van der Waals surface area contributed by atoms with Crippen molar-refractivity contribution in [2.24, 2.45) is 0 Å². The molecule has 2 amide bonds. The van der Waals surface area contributed by atoms with E-state index in [1.165, 1.54) is 14.1 Å². The quantitative estimate of drug-likeness (QED) is 0.309. The Balaban J connectivity index is 1.93. The first kappa shape index (κ1) is 24.2. The van der Waals surface area contributed by atoms with Crippen molar-refractivity contribution in [2.75, 3.05) is 14.1 Å². The van der Waals surface area contributed by atoms with Crippen molar-refractivity contribution in [3.8, 4) is 0 Å². The monoisotopic (exact) mass is 472 g/mol. The van der Waals surface area contributed by atoms with Gasteiger partial charge in [0.2, 0.25) is 11.8 Å². The number of nitrogens with zero attached hydrogens (tertiary/aromatic N) is 2. The molecule has 0 saturated carbocycles. The zero-order valence-electron chi connectivity index (χ0n) is 16.2. The number of nitrogens with one attached hydrogen (secondary N) is 2. The Morgan fingerprint density at radius 2 is 1.13 bits per heavy atom. The standard InChI is InChI=1S/C19H16F4N4O2S2/c1-26(18(30)12-7-10(20)3-5-14(12)22)24-16(28)9-17(29)25-27(2)19(31)13-8-11(21)4-6-15(13)23/h3-8H,9H2,1-2H3,(H,24,28)(H,25,29). The SMILES string of the molecule is CN(NC(=O)CC(=O)NN(C)C(=S)c1cc(F)ccc1F)C(=S)c1cc(F)ccc1F. The van der Waals surface area contributed by atoms with E-state index in [2.05, 4.69) is 10.9 Å². The van der Waals surface area contributed by atoms with Gasteiger partial charge >= 0.3 is 0 Å². The van der Waals surface area contributed by atoms with E-state index in [0.717, 1.165) is 46.4 Å². The highest BCUT2D eigenvalue weighted by atomic mass is 32.1. The van der Waals surface area contributed by atoms with Gasteiger partial charge in [0.15, 0.2) is 0 Å². The van der Waals surface area contributed by atoms with Crippen molar-refractivity contribution in [1.82, 2.24) is 20.9 Å². The van der Waals surface area contributed by atoms with E-state index in [1.807, 2.05) is 0 Å². The predicted molar refractivity (Wildman–Crippen MR) is 113 cm³/mol. The van der Waals surface area contributed by atoms with Crippen LogP contribution >= 0.6 is 24.4 Å². The van der Waals surface area contributed by atoms with Gasteiger partial charge in [0.05, 0.1) is 0 Å². The first-order valence-corrected chi connectivity index (χ1v) is 9.36. The number of carbonyl (C=O) groups is 2. The average molecular weight is 472 g/mol. The molecule has 0 aromatic heterocycles. The highest BCUT2D eigenvalue weighted by molar-refractivity contribution is 7.80. The molecular weight excluding hydrogens is 456 g/mol. The molecule has 2 aromatic rings. The molecular formula is C19H16F4N4O2S2. The van der Waals surface area contributed by atoms with Gasteiger partial charge in [0.1, 0.15) is 39.7 Å². The summed E-state index contributed by atoms with van der Waals surface area (Å²) >= 11 is 10.0. The number of amides is 2. The molecule has 0 atom stereocenters. The van der Waals surface area contributed by atoms with E-state index in [-0.39, 0.29) is 21.1 Å².